The molecule has 0 saturated carbocycles. The van der Waals surface area contributed by atoms with Crippen molar-refractivity contribution < 1.29 is 32.6 Å². The van der Waals surface area contributed by atoms with E-state index in [-0.39, 0.29) is 37.0 Å². The monoisotopic (exact) mass is 473 g/mol. The van der Waals surface area contributed by atoms with Crippen LogP contribution in [0.5, 0.6) is 11.5 Å². The van der Waals surface area contributed by atoms with Gasteiger partial charge in [0.05, 0.1) is 32.9 Å². The number of carbonyl (C=O) groups excluding carboxylic acids is 2. The van der Waals surface area contributed by atoms with Crippen LogP contribution in [-0.2, 0) is 20.9 Å². The lowest BCUT2D eigenvalue weighted by atomic mass is 9.83. The summed E-state index contributed by atoms with van der Waals surface area (Å²) in [5, 5.41) is 0. The van der Waals surface area contributed by atoms with E-state index in [1.165, 1.54) is 25.2 Å². The summed E-state index contributed by atoms with van der Waals surface area (Å²) in [5.74, 6) is -1.76. The van der Waals surface area contributed by atoms with Crippen molar-refractivity contribution in [1.29, 1.82) is 0 Å². The molecule has 1 atom stereocenters. The van der Waals surface area contributed by atoms with E-state index in [4.69, 9.17) is 14.2 Å². The average Bonchev–Trinajstić information content (AvgIpc) is 2.80. The highest BCUT2D eigenvalue weighted by Crippen LogP contribution is 2.40. The minimum absolute atomic E-state index is 0.0391. The highest BCUT2D eigenvalue weighted by molar-refractivity contribution is 5.96. The summed E-state index contributed by atoms with van der Waals surface area (Å²) in [6.07, 6.45) is -0.0391. The minimum atomic E-state index is -0.760. The van der Waals surface area contributed by atoms with Crippen LogP contribution in [0.2, 0.25) is 0 Å². The maximum atomic E-state index is 14.3. The van der Waals surface area contributed by atoms with Gasteiger partial charge in [-0.3, -0.25) is 4.79 Å². The minimum Gasteiger partial charge on any atom is -0.497 e. The van der Waals surface area contributed by atoms with Gasteiger partial charge in [0.25, 0.3) is 0 Å². The first kappa shape index (κ1) is 25.2. The second kappa shape index (κ2) is 10.7. The first-order chi connectivity index (χ1) is 16.1. The summed E-state index contributed by atoms with van der Waals surface area (Å²) >= 11 is 0. The topological polar surface area (TPSA) is 65.1 Å². The Morgan fingerprint density at radius 2 is 1.74 bits per heavy atom. The molecule has 0 aromatic heterocycles. The molecule has 2 aromatic carbocycles. The van der Waals surface area contributed by atoms with Gasteiger partial charge in [0.1, 0.15) is 23.1 Å². The number of amides is 1. The molecular formula is C26H29F2NO5. The second-order valence-corrected chi connectivity index (χ2v) is 8.61. The van der Waals surface area contributed by atoms with Gasteiger partial charge in [0, 0.05) is 35.7 Å². The van der Waals surface area contributed by atoms with Crippen LogP contribution < -0.4 is 9.47 Å². The normalized spacial score (nSPS) is 16.2. The maximum Gasteiger partial charge on any atom is 0.336 e. The molecule has 34 heavy (non-hydrogen) atoms. The summed E-state index contributed by atoms with van der Waals surface area (Å²) < 4.78 is 43.9. The molecule has 8 heteroatoms. The van der Waals surface area contributed by atoms with Crippen molar-refractivity contribution >= 4 is 11.9 Å². The quantitative estimate of drug-likeness (QED) is 0.507. The number of carbonyl (C=O) groups is 2. The van der Waals surface area contributed by atoms with Crippen molar-refractivity contribution in [3.63, 3.8) is 0 Å². The molecule has 1 amide bonds. The summed E-state index contributed by atoms with van der Waals surface area (Å²) in [7, 11) is 3.03. The van der Waals surface area contributed by atoms with Gasteiger partial charge < -0.3 is 19.1 Å². The molecule has 0 aliphatic carbocycles. The van der Waals surface area contributed by atoms with E-state index in [0.717, 1.165) is 12.1 Å². The van der Waals surface area contributed by atoms with Gasteiger partial charge in [-0.15, -0.1) is 0 Å². The zero-order valence-electron chi connectivity index (χ0n) is 20.0. The van der Waals surface area contributed by atoms with E-state index in [1.807, 2.05) is 13.8 Å². The summed E-state index contributed by atoms with van der Waals surface area (Å²) in [5.41, 5.74) is 1.47. The number of hydrogen-bond acceptors (Lipinski definition) is 5. The SMILES string of the molecule is COc1cc(OC)cc(C2CC(=O)N(Cc3ccc(F)cc3F)C(C)=C2C(=O)OCC(C)C)c1. The molecule has 0 fully saturated rings. The van der Waals surface area contributed by atoms with Gasteiger partial charge in [-0.1, -0.05) is 19.9 Å². The van der Waals surface area contributed by atoms with E-state index >= 15 is 0 Å². The molecule has 3 rings (SSSR count). The van der Waals surface area contributed by atoms with Crippen molar-refractivity contribution in [2.45, 2.75) is 39.7 Å². The van der Waals surface area contributed by atoms with Gasteiger partial charge in [-0.05, 0) is 36.6 Å². The maximum absolute atomic E-state index is 14.3. The number of hydrogen-bond donors (Lipinski definition) is 0. The molecule has 2 aromatic rings. The molecule has 1 aliphatic heterocycles. The number of allylic oxidation sites excluding steroid dienone is 1. The Hall–Kier alpha value is -3.42. The predicted molar refractivity (Wildman–Crippen MR) is 122 cm³/mol. The molecule has 6 nitrogen and oxygen atoms in total. The van der Waals surface area contributed by atoms with Crippen molar-refractivity contribution in [3.05, 3.63) is 70.4 Å². The largest absolute Gasteiger partial charge is 0.497 e. The molecule has 0 saturated heterocycles. The first-order valence-electron chi connectivity index (χ1n) is 11.0. The van der Waals surface area contributed by atoms with Gasteiger partial charge in [0.15, 0.2) is 0 Å². The molecule has 0 spiro atoms. The molecule has 0 N–H and O–H groups in total. The van der Waals surface area contributed by atoms with Crippen LogP contribution in [-0.4, -0.2) is 37.6 Å². The lowest BCUT2D eigenvalue weighted by Gasteiger charge is -2.35. The van der Waals surface area contributed by atoms with Gasteiger partial charge in [-0.25, -0.2) is 13.6 Å². The summed E-state index contributed by atoms with van der Waals surface area (Å²) in [6.45, 7) is 5.56. The predicted octanol–water partition coefficient (Wildman–Crippen LogP) is 4.97. The highest BCUT2D eigenvalue weighted by Gasteiger charge is 2.37. The molecule has 1 heterocycles. The van der Waals surface area contributed by atoms with E-state index in [2.05, 4.69) is 0 Å². The Morgan fingerprint density at radius 1 is 1.09 bits per heavy atom. The zero-order chi connectivity index (χ0) is 25.0. The third kappa shape index (κ3) is 5.55. The van der Waals surface area contributed by atoms with Crippen LogP contribution in [0, 0.1) is 17.6 Å². The van der Waals surface area contributed by atoms with E-state index in [9.17, 15) is 18.4 Å². The molecular weight excluding hydrogens is 444 g/mol. The third-order valence-electron chi connectivity index (χ3n) is 5.71. The van der Waals surface area contributed by atoms with Gasteiger partial charge >= 0.3 is 5.97 Å². The van der Waals surface area contributed by atoms with Crippen LogP contribution in [0.15, 0.2) is 47.7 Å². The number of esters is 1. The van der Waals surface area contributed by atoms with E-state index < -0.39 is 23.5 Å². The molecule has 0 radical (unpaired) electrons. The van der Waals surface area contributed by atoms with Crippen molar-refractivity contribution in [2.24, 2.45) is 5.92 Å². The Morgan fingerprint density at radius 3 is 2.29 bits per heavy atom. The lowest BCUT2D eigenvalue weighted by molar-refractivity contribution is -0.141. The highest BCUT2D eigenvalue weighted by atomic mass is 19.1. The van der Waals surface area contributed by atoms with E-state index in [1.54, 1.807) is 25.1 Å². The van der Waals surface area contributed by atoms with Crippen LogP contribution >= 0.6 is 0 Å². The average molecular weight is 474 g/mol. The fourth-order valence-electron chi connectivity index (χ4n) is 3.92. The number of rotatable bonds is 8. The lowest BCUT2D eigenvalue weighted by Crippen LogP contribution is -2.38. The zero-order valence-corrected chi connectivity index (χ0v) is 20.0. The fraction of sp³-hybridized carbons (Fsp3) is 0.385. The Labute approximate surface area is 198 Å². The van der Waals surface area contributed by atoms with Crippen LogP contribution in [0.4, 0.5) is 8.78 Å². The molecule has 1 unspecified atom stereocenters. The Bertz CT molecular complexity index is 1090. The van der Waals surface area contributed by atoms with Crippen molar-refractivity contribution in [1.82, 2.24) is 4.90 Å². The Balaban J connectivity index is 2.08. The van der Waals surface area contributed by atoms with Gasteiger partial charge in [0.2, 0.25) is 5.91 Å². The second-order valence-electron chi connectivity index (χ2n) is 8.61. The molecule has 182 valence electrons. The standard InChI is InChI=1S/C26H29F2NO5/c1-15(2)14-34-26(31)25-16(3)29(13-17-6-7-19(27)10-23(17)28)24(30)12-22(25)18-8-20(32-4)11-21(9-18)33-5/h6-11,15,22H,12-14H2,1-5H3. The number of benzene rings is 2. The smallest absolute Gasteiger partial charge is 0.336 e. The Kier molecular flexibility index (Phi) is 7.91. The van der Waals surface area contributed by atoms with Crippen molar-refractivity contribution in [2.75, 3.05) is 20.8 Å². The number of ether oxygens (including phenoxy) is 3. The van der Waals surface area contributed by atoms with Crippen LogP contribution in [0.3, 0.4) is 0 Å². The summed E-state index contributed by atoms with van der Waals surface area (Å²) in [4.78, 5) is 27.8. The fourth-order valence-corrected chi connectivity index (χ4v) is 3.92. The number of halogens is 2. The third-order valence-corrected chi connectivity index (χ3v) is 5.71. The van der Waals surface area contributed by atoms with Gasteiger partial charge in [-0.2, -0.15) is 0 Å². The first-order valence-corrected chi connectivity index (χ1v) is 11.0. The van der Waals surface area contributed by atoms with E-state index in [0.29, 0.717) is 28.3 Å². The van der Waals surface area contributed by atoms with Crippen LogP contribution in [0.1, 0.15) is 44.2 Å². The van der Waals surface area contributed by atoms with Crippen LogP contribution in [0.25, 0.3) is 0 Å². The molecule has 1 aliphatic rings. The summed E-state index contributed by atoms with van der Waals surface area (Å²) in [6, 6.07) is 8.39. The number of methoxy groups -OCH3 is 2. The number of nitrogens with zero attached hydrogens (tertiary/aromatic N) is 1. The van der Waals surface area contributed by atoms with Crippen molar-refractivity contribution in [3.8, 4) is 11.5 Å². The molecule has 0 bridgehead atoms.